The monoisotopic (exact) mass is 502 g/mol. The first kappa shape index (κ1) is 26.0. The Labute approximate surface area is 220 Å². The SMILES string of the molecule is CC(C)C[C@@H](CO)N(C)CCCC12OC3(CCCN(C)[C@H](CO)CC(C)C)C4C5CC(C6C5C3C61)C42. The van der Waals surface area contributed by atoms with Gasteiger partial charge in [-0.1, -0.05) is 27.7 Å². The zero-order chi connectivity index (χ0) is 25.6. The zero-order valence-corrected chi connectivity index (χ0v) is 23.9. The van der Waals surface area contributed by atoms with Gasteiger partial charge in [0, 0.05) is 12.1 Å². The van der Waals surface area contributed by atoms with E-state index in [-0.39, 0.29) is 36.5 Å². The lowest BCUT2D eigenvalue weighted by molar-refractivity contribution is -0.0827. The van der Waals surface area contributed by atoms with Crippen LogP contribution in [-0.4, -0.2) is 83.7 Å². The molecule has 5 saturated carbocycles. The fraction of sp³-hybridized carbons (Fsp3) is 1.00. The molecule has 0 spiro atoms. The van der Waals surface area contributed by atoms with Gasteiger partial charge in [-0.2, -0.15) is 0 Å². The van der Waals surface area contributed by atoms with Crippen LogP contribution in [0.1, 0.15) is 72.6 Å². The molecule has 0 aromatic rings. The first-order chi connectivity index (χ1) is 17.2. The number of nitrogens with zero attached hydrogens (tertiary/aromatic N) is 2. The number of ether oxygens (including phenoxy) is 1. The van der Waals surface area contributed by atoms with Crippen LogP contribution in [0, 0.1) is 59.2 Å². The molecule has 4 bridgehead atoms. The predicted molar refractivity (Wildman–Crippen MR) is 143 cm³/mol. The molecule has 0 amide bonds. The van der Waals surface area contributed by atoms with E-state index in [0.717, 1.165) is 73.3 Å². The van der Waals surface area contributed by atoms with Crippen LogP contribution in [-0.2, 0) is 4.74 Å². The molecule has 2 aliphatic heterocycles. The molecule has 5 heteroatoms. The summed E-state index contributed by atoms with van der Waals surface area (Å²) < 4.78 is 7.47. The third-order valence-electron chi connectivity index (χ3n) is 12.5. The lowest BCUT2D eigenvalue weighted by atomic mass is 9.53. The van der Waals surface area contributed by atoms with Gasteiger partial charge < -0.3 is 24.7 Å². The summed E-state index contributed by atoms with van der Waals surface area (Å²) >= 11 is 0. The van der Waals surface area contributed by atoms with Crippen molar-refractivity contribution < 1.29 is 14.9 Å². The van der Waals surface area contributed by atoms with E-state index in [4.69, 9.17) is 4.74 Å². The highest BCUT2D eigenvalue weighted by Crippen LogP contribution is 2.94. The van der Waals surface area contributed by atoms with Gasteiger partial charge in [0.25, 0.3) is 0 Å². The Morgan fingerprint density at radius 1 is 0.722 bits per heavy atom. The number of aliphatic hydroxyl groups is 2. The lowest BCUT2D eigenvalue weighted by Crippen LogP contribution is -2.52. The van der Waals surface area contributed by atoms with E-state index < -0.39 is 0 Å². The summed E-state index contributed by atoms with van der Waals surface area (Å²) in [6, 6.07) is 0.576. The van der Waals surface area contributed by atoms with Crippen molar-refractivity contribution in [3.8, 4) is 0 Å². The smallest absolute Gasteiger partial charge is 0.0760 e. The number of hydrogen-bond donors (Lipinski definition) is 2. The fourth-order valence-corrected chi connectivity index (χ4v) is 11.7. The third kappa shape index (κ3) is 3.37. The van der Waals surface area contributed by atoms with Crippen molar-refractivity contribution in [1.29, 1.82) is 0 Å². The molecule has 10 unspecified atom stereocenters. The first-order valence-electron chi connectivity index (χ1n) is 15.5. The van der Waals surface area contributed by atoms with Crippen LogP contribution in [0.4, 0.5) is 0 Å². The average molecular weight is 503 g/mol. The number of hydrogen-bond acceptors (Lipinski definition) is 5. The molecular formula is C31H54N2O3. The number of aliphatic hydroxyl groups excluding tert-OH is 2. The highest BCUT2D eigenvalue weighted by Gasteiger charge is 2.96. The summed E-state index contributed by atoms with van der Waals surface area (Å²) in [6.07, 6.45) is 8.57. The summed E-state index contributed by atoms with van der Waals surface area (Å²) in [5, 5.41) is 19.9. The normalized spacial score (nSPS) is 46.0. The minimum Gasteiger partial charge on any atom is -0.395 e. The van der Waals surface area contributed by atoms with Crippen LogP contribution in [0.25, 0.3) is 0 Å². The molecule has 0 radical (unpaired) electrons. The minimum absolute atomic E-state index is 0.192. The van der Waals surface area contributed by atoms with Gasteiger partial charge in [0.2, 0.25) is 0 Å². The number of rotatable bonds is 16. The van der Waals surface area contributed by atoms with E-state index in [1.165, 1.54) is 32.1 Å². The van der Waals surface area contributed by atoms with Crippen LogP contribution in [0.3, 0.4) is 0 Å². The van der Waals surface area contributed by atoms with E-state index in [1.54, 1.807) is 0 Å². The van der Waals surface area contributed by atoms with Gasteiger partial charge in [-0.25, -0.2) is 0 Å². The van der Waals surface area contributed by atoms with Crippen molar-refractivity contribution in [2.75, 3.05) is 40.4 Å². The fourth-order valence-electron chi connectivity index (χ4n) is 11.7. The van der Waals surface area contributed by atoms with E-state index in [9.17, 15) is 10.2 Å². The van der Waals surface area contributed by atoms with Gasteiger partial charge in [0.15, 0.2) is 0 Å². The topological polar surface area (TPSA) is 56.2 Å². The van der Waals surface area contributed by atoms with E-state index >= 15 is 0 Å². The predicted octanol–water partition coefficient (Wildman–Crippen LogP) is 4.12. The van der Waals surface area contributed by atoms with E-state index in [0.29, 0.717) is 11.8 Å². The van der Waals surface area contributed by atoms with Gasteiger partial charge >= 0.3 is 0 Å². The van der Waals surface area contributed by atoms with Crippen LogP contribution >= 0.6 is 0 Å². The average Bonchev–Trinajstić information content (AvgIpc) is 3.48. The summed E-state index contributed by atoms with van der Waals surface area (Å²) in [5.74, 6) is 8.63. The van der Waals surface area contributed by atoms with Gasteiger partial charge in [0.1, 0.15) is 0 Å². The molecule has 2 heterocycles. The van der Waals surface area contributed by atoms with Crippen molar-refractivity contribution in [1.82, 2.24) is 9.80 Å². The second-order valence-electron chi connectivity index (χ2n) is 14.9. The molecule has 2 N–H and O–H groups in total. The second kappa shape index (κ2) is 9.18. The highest BCUT2D eigenvalue weighted by molar-refractivity contribution is 5.43. The summed E-state index contributed by atoms with van der Waals surface area (Å²) in [5.41, 5.74) is 0.383. The Hall–Kier alpha value is -0.200. The molecule has 0 aromatic carbocycles. The van der Waals surface area contributed by atoms with Crippen LogP contribution in [0.5, 0.6) is 0 Å². The van der Waals surface area contributed by atoms with Crippen LogP contribution < -0.4 is 0 Å². The second-order valence-corrected chi connectivity index (χ2v) is 14.9. The molecule has 5 nitrogen and oxygen atoms in total. The zero-order valence-electron chi connectivity index (χ0n) is 23.9. The maximum absolute atomic E-state index is 9.94. The highest BCUT2D eigenvalue weighted by atomic mass is 16.5. The Bertz CT molecular complexity index is 752. The summed E-state index contributed by atoms with van der Waals surface area (Å²) in [7, 11) is 4.43. The van der Waals surface area contributed by atoms with Crippen molar-refractivity contribution >= 4 is 0 Å². The molecule has 7 aliphatic rings. The molecule has 12 atom stereocenters. The van der Waals surface area contributed by atoms with Crippen molar-refractivity contribution in [3.63, 3.8) is 0 Å². The molecular weight excluding hydrogens is 448 g/mol. The van der Waals surface area contributed by atoms with Crippen molar-refractivity contribution in [3.05, 3.63) is 0 Å². The molecule has 7 fully saturated rings. The maximum Gasteiger partial charge on any atom is 0.0760 e. The summed E-state index contributed by atoms with van der Waals surface area (Å²) in [4.78, 5) is 4.84. The largest absolute Gasteiger partial charge is 0.395 e. The Kier molecular flexibility index (Phi) is 6.64. The molecule has 36 heavy (non-hydrogen) atoms. The van der Waals surface area contributed by atoms with Crippen molar-refractivity contribution in [2.24, 2.45) is 59.2 Å². The standard InChI is InChI=1S/C31H54N2O3/c1-18(2)13-20(16-34)32(5)11-7-9-30-26-22-15-23-25-24(22)28(30)29(25)31(36-30,27(23)26)10-8-12-33(6)21(17-35)14-19(3)4/h18-29,34-35H,7-17H2,1-6H3/t20-,21-,22?,23?,24?,25?,26?,27?,28?,29?,30?,31?/m0/s1. The Morgan fingerprint density at radius 2 is 1.14 bits per heavy atom. The molecule has 206 valence electrons. The van der Waals surface area contributed by atoms with E-state index in [1.807, 2.05) is 0 Å². The minimum atomic E-state index is 0.192. The molecule has 5 aliphatic carbocycles. The third-order valence-corrected chi connectivity index (χ3v) is 12.5. The number of likely N-dealkylation sites (N-methyl/N-ethyl adjacent to an activating group) is 2. The van der Waals surface area contributed by atoms with Gasteiger partial charge in [-0.3, -0.25) is 0 Å². The van der Waals surface area contributed by atoms with E-state index in [2.05, 4.69) is 51.6 Å². The molecule has 2 saturated heterocycles. The van der Waals surface area contributed by atoms with Gasteiger partial charge in [-0.15, -0.1) is 0 Å². The maximum atomic E-state index is 9.94. The van der Waals surface area contributed by atoms with Gasteiger partial charge in [-0.05, 0) is 131 Å². The Morgan fingerprint density at radius 3 is 1.50 bits per heavy atom. The van der Waals surface area contributed by atoms with Crippen LogP contribution in [0.15, 0.2) is 0 Å². The quantitative estimate of drug-likeness (QED) is 0.333. The van der Waals surface area contributed by atoms with Crippen molar-refractivity contribution in [2.45, 2.75) is 95.9 Å². The first-order valence-corrected chi connectivity index (χ1v) is 15.5. The van der Waals surface area contributed by atoms with Crippen LogP contribution in [0.2, 0.25) is 0 Å². The molecule has 7 rings (SSSR count). The molecule has 0 aromatic heterocycles. The summed E-state index contributed by atoms with van der Waals surface area (Å²) in [6.45, 7) is 11.7. The van der Waals surface area contributed by atoms with Gasteiger partial charge in [0.05, 0.1) is 24.4 Å². The lowest BCUT2D eigenvalue weighted by Gasteiger charge is -2.48. The Balaban J connectivity index is 1.10.